The molecule has 1 N–H and O–H groups in total. The predicted molar refractivity (Wildman–Crippen MR) is 162 cm³/mol. The third kappa shape index (κ3) is 7.96. The Hall–Kier alpha value is -3.93. The zero-order chi connectivity index (χ0) is 32.1. The first-order chi connectivity index (χ1) is 20.8. The van der Waals surface area contributed by atoms with Crippen LogP contribution in [-0.2, 0) is 27.4 Å². The van der Waals surface area contributed by atoms with Crippen LogP contribution in [0, 0.1) is 0 Å². The largest absolute Gasteiger partial charge is 0.416 e. The van der Waals surface area contributed by atoms with Crippen LogP contribution in [0.5, 0.6) is 0 Å². The number of pyridine rings is 1. The van der Waals surface area contributed by atoms with Gasteiger partial charge in [0.2, 0.25) is 5.91 Å². The van der Waals surface area contributed by atoms with Crippen molar-refractivity contribution in [2.24, 2.45) is 0 Å². The number of nitrogens with zero attached hydrogens (tertiary/aromatic N) is 3. The smallest absolute Gasteiger partial charge is 0.353 e. The van der Waals surface area contributed by atoms with Crippen LogP contribution in [0.25, 0.3) is 0 Å². The van der Waals surface area contributed by atoms with Gasteiger partial charge >= 0.3 is 6.18 Å². The van der Waals surface area contributed by atoms with Gasteiger partial charge in [0.1, 0.15) is 5.82 Å². The van der Waals surface area contributed by atoms with Crippen LogP contribution in [0.1, 0.15) is 66.1 Å². The summed E-state index contributed by atoms with van der Waals surface area (Å²) in [4.78, 5) is 34.1. The van der Waals surface area contributed by atoms with Crippen LogP contribution in [0.2, 0.25) is 0 Å². The maximum atomic E-state index is 13.1. The second-order valence-corrected chi connectivity index (χ2v) is 13.2. The fourth-order valence-corrected chi connectivity index (χ4v) is 6.11. The Labute approximate surface area is 256 Å². The van der Waals surface area contributed by atoms with Crippen LogP contribution in [0.15, 0.2) is 71.8 Å². The number of amides is 2. The number of nitrogens with one attached hydrogen (secondary N) is 1. The lowest BCUT2D eigenvalue weighted by molar-refractivity contribution is -0.137. The summed E-state index contributed by atoms with van der Waals surface area (Å²) in [5, 5.41) is 2.81. The monoisotopic (exact) mass is 630 g/mol. The van der Waals surface area contributed by atoms with Gasteiger partial charge in [-0.15, -0.1) is 0 Å². The van der Waals surface area contributed by atoms with E-state index in [9.17, 15) is 31.2 Å². The Morgan fingerprint density at radius 3 is 2.25 bits per heavy atom. The molecule has 1 fully saturated rings. The molecule has 2 amide bonds. The molecular formula is C32H37F3N4O4S. The molecule has 1 unspecified atom stereocenters. The van der Waals surface area contributed by atoms with Gasteiger partial charge in [-0.1, -0.05) is 31.2 Å². The minimum absolute atomic E-state index is 0.00601. The highest BCUT2D eigenvalue weighted by molar-refractivity contribution is 7.91. The fourth-order valence-electron chi connectivity index (χ4n) is 5.23. The summed E-state index contributed by atoms with van der Waals surface area (Å²) in [6, 6.07) is 14.8. The Balaban J connectivity index is 1.48. The molecular weight excluding hydrogens is 593 g/mol. The van der Waals surface area contributed by atoms with E-state index in [1.54, 1.807) is 43.1 Å². The molecule has 8 nitrogen and oxygen atoms in total. The molecule has 1 aliphatic heterocycles. The second kappa shape index (κ2) is 13.8. The molecule has 44 heavy (non-hydrogen) atoms. The second-order valence-electron chi connectivity index (χ2n) is 10.9. The Kier molecular flexibility index (Phi) is 10.3. The number of carbonyl (C=O) groups is 2. The van der Waals surface area contributed by atoms with Crippen molar-refractivity contribution >= 4 is 27.5 Å². The van der Waals surface area contributed by atoms with Crippen molar-refractivity contribution in [1.82, 2.24) is 15.2 Å². The van der Waals surface area contributed by atoms with E-state index >= 15 is 0 Å². The van der Waals surface area contributed by atoms with Crippen molar-refractivity contribution in [2.75, 3.05) is 30.8 Å². The van der Waals surface area contributed by atoms with Gasteiger partial charge in [-0.05, 0) is 67.3 Å². The molecule has 236 valence electrons. The molecule has 3 aromatic rings. The SMILES string of the molecule is CCN(C)C(=O)C[C@@H]1CCC(c2ccc(C(F)(F)F)cc2)CN1c1ccc(C(=O)NCc2ccc(S(=O)(=O)CC)cc2)cn1. The maximum Gasteiger partial charge on any atom is 0.416 e. The van der Waals surface area contributed by atoms with Crippen LogP contribution in [0.3, 0.4) is 0 Å². The average molecular weight is 631 g/mol. The number of aromatic nitrogens is 1. The van der Waals surface area contributed by atoms with Crippen LogP contribution in [-0.4, -0.2) is 62.0 Å². The van der Waals surface area contributed by atoms with Gasteiger partial charge in [-0.3, -0.25) is 9.59 Å². The molecule has 12 heteroatoms. The van der Waals surface area contributed by atoms with Gasteiger partial charge < -0.3 is 15.1 Å². The maximum absolute atomic E-state index is 13.1. The molecule has 4 rings (SSSR count). The van der Waals surface area contributed by atoms with Gasteiger partial charge in [-0.2, -0.15) is 13.2 Å². The zero-order valence-electron chi connectivity index (χ0n) is 25.0. The standard InChI is InChI=1S/C32H37F3N4O4S/c1-4-38(3)30(40)18-27-14-10-25(23-8-12-26(13-9-23)32(33,34)35)21-39(27)29-17-11-24(20-36-29)31(41)37-19-22-6-15-28(16-7-22)44(42,43)5-2/h6-9,11-13,15-17,20,25,27H,4-5,10,14,18-19,21H2,1-3H3,(H,37,41)/t25?,27-/m0/s1. The first-order valence-corrected chi connectivity index (χ1v) is 16.2. The molecule has 1 aromatic heterocycles. The predicted octanol–water partition coefficient (Wildman–Crippen LogP) is 5.45. The lowest BCUT2D eigenvalue weighted by Gasteiger charge is -2.41. The summed E-state index contributed by atoms with van der Waals surface area (Å²) >= 11 is 0. The number of hydrogen-bond donors (Lipinski definition) is 1. The molecule has 0 bridgehead atoms. The van der Waals surface area contributed by atoms with Gasteiger partial charge in [0.05, 0.1) is 21.8 Å². The summed E-state index contributed by atoms with van der Waals surface area (Å²) < 4.78 is 63.3. The third-order valence-corrected chi connectivity index (χ3v) is 9.90. The van der Waals surface area contributed by atoms with Gasteiger partial charge in [0.25, 0.3) is 5.91 Å². The molecule has 1 aliphatic rings. The summed E-state index contributed by atoms with van der Waals surface area (Å²) in [5.74, 6) is 0.157. The summed E-state index contributed by atoms with van der Waals surface area (Å²) in [6.07, 6.45) is -1.32. The Morgan fingerprint density at radius 1 is 1.00 bits per heavy atom. The highest BCUT2D eigenvalue weighted by atomic mass is 32.2. The van der Waals surface area contributed by atoms with Crippen molar-refractivity contribution in [1.29, 1.82) is 0 Å². The number of benzene rings is 2. The zero-order valence-corrected chi connectivity index (χ0v) is 25.8. The molecule has 0 spiro atoms. The lowest BCUT2D eigenvalue weighted by Crippen LogP contribution is -2.46. The van der Waals surface area contributed by atoms with E-state index in [1.807, 2.05) is 11.8 Å². The van der Waals surface area contributed by atoms with Crippen molar-refractivity contribution in [3.8, 4) is 0 Å². The van der Waals surface area contributed by atoms with Gasteiger partial charge in [0.15, 0.2) is 9.84 Å². The van der Waals surface area contributed by atoms with Crippen molar-refractivity contribution in [3.05, 3.63) is 89.1 Å². The van der Waals surface area contributed by atoms with Crippen LogP contribution in [0.4, 0.5) is 19.0 Å². The number of halogens is 3. The molecule has 0 aliphatic carbocycles. The highest BCUT2D eigenvalue weighted by Gasteiger charge is 2.34. The summed E-state index contributed by atoms with van der Waals surface area (Å²) in [6.45, 7) is 4.71. The molecule has 1 saturated heterocycles. The van der Waals surface area contributed by atoms with Crippen LogP contribution < -0.4 is 10.2 Å². The van der Waals surface area contributed by atoms with E-state index in [-0.39, 0.29) is 47.4 Å². The summed E-state index contributed by atoms with van der Waals surface area (Å²) in [5.41, 5.74) is 1.16. The van der Waals surface area contributed by atoms with Gasteiger partial charge in [-0.25, -0.2) is 13.4 Å². The Morgan fingerprint density at radius 2 is 1.68 bits per heavy atom. The number of sulfone groups is 1. The van der Waals surface area contributed by atoms with Crippen molar-refractivity contribution in [2.45, 2.75) is 62.7 Å². The van der Waals surface area contributed by atoms with E-state index in [4.69, 9.17) is 0 Å². The molecule has 2 heterocycles. The van der Waals surface area contributed by atoms with E-state index in [1.165, 1.54) is 30.5 Å². The van der Waals surface area contributed by atoms with Crippen molar-refractivity contribution < 1.29 is 31.2 Å². The topological polar surface area (TPSA) is 99.7 Å². The van der Waals surface area contributed by atoms with E-state index in [0.29, 0.717) is 37.3 Å². The molecule has 0 saturated carbocycles. The summed E-state index contributed by atoms with van der Waals surface area (Å²) in [7, 11) is -1.56. The first-order valence-electron chi connectivity index (χ1n) is 14.6. The minimum atomic E-state index is -4.41. The third-order valence-electron chi connectivity index (χ3n) is 8.15. The number of anilines is 1. The highest BCUT2D eigenvalue weighted by Crippen LogP contribution is 2.36. The molecule has 2 aromatic carbocycles. The first kappa shape index (κ1) is 33.0. The van der Waals surface area contributed by atoms with E-state index in [2.05, 4.69) is 10.3 Å². The quantitative estimate of drug-likeness (QED) is 0.320. The number of carbonyl (C=O) groups excluding carboxylic acids is 2. The van der Waals surface area contributed by atoms with E-state index < -0.39 is 21.6 Å². The number of alkyl halides is 3. The van der Waals surface area contributed by atoms with Gasteiger partial charge in [0, 0.05) is 51.3 Å². The number of piperidine rings is 1. The number of hydrogen-bond acceptors (Lipinski definition) is 6. The molecule has 2 atom stereocenters. The Bertz CT molecular complexity index is 1540. The van der Waals surface area contributed by atoms with E-state index in [0.717, 1.165) is 23.3 Å². The van der Waals surface area contributed by atoms with Crippen molar-refractivity contribution in [3.63, 3.8) is 0 Å². The average Bonchev–Trinajstić information content (AvgIpc) is 3.03. The number of rotatable bonds is 10. The van der Waals surface area contributed by atoms with Crippen LogP contribution >= 0.6 is 0 Å². The molecule has 0 radical (unpaired) electrons. The minimum Gasteiger partial charge on any atom is -0.353 e. The normalized spacial score (nSPS) is 17.3. The lowest BCUT2D eigenvalue weighted by atomic mass is 9.85. The fraction of sp³-hybridized carbons (Fsp3) is 0.406.